The van der Waals surface area contributed by atoms with Gasteiger partial charge in [0, 0.05) is 24.2 Å². The fourth-order valence-corrected chi connectivity index (χ4v) is 3.81. The quantitative estimate of drug-likeness (QED) is 0.755. The van der Waals surface area contributed by atoms with E-state index in [2.05, 4.69) is 9.82 Å². The standard InChI is InChI=1S/C12H17ClN4O2S2/c13-12-3-2-10(20-12)4-6-16-21(18,19)11-8-15-17(9-11)7-1-5-14/h2-3,8-9,16H,1,4-7,14H2. The molecule has 0 saturated carbocycles. The Morgan fingerprint density at radius 3 is 2.90 bits per heavy atom. The van der Waals surface area contributed by atoms with E-state index in [1.54, 1.807) is 10.7 Å². The third-order valence-corrected chi connectivity index (χ3v) is 5.51. The normalized spacial score (nSPS) is 11.9. The Morgan fingerprint density at radius 1 is 1.43 bits per heavy atom. The Labute approximate surface area is 133 Å². The topological polar surface area (TPSA) is 90.0 Å². The molecule has 21 heavy (non-hydrogen) atoms. The van der Waals surface area contributed by atoms with E-state index in [9.17, 15) is 8.42 Å². The summed E-state index contributed by atoms with van der Waals surface area (Å²) in [5.74, 6) is 0. The number of aryl methyl sites for hydroxylation is 1. The summed E-state index contributed by atoms with van der Waals surface area (Å²) in [4.78, 5) is 1.21. The van der Waals surface area contributed by atoms with Gasteiger partial charge >= 0.3 is 0 Å². The maximum absolute atomic E-state index is 12.1. The van der Waals surface area contributed by atoms with Crippen molar-refractivity contribution >= 4 is 33.0 Å². The Kier molecular flexibility index (Phi) is 5.77. The summed E-state index contributed by atoms with van der Waals surface area (Å²) < 4.78 is 29.1. The molecule has 0 fully saturated rings. The minimum atomic E-state index is -3.52. The molecule has 0 radical (unpaired) electrons. The first-order valence-corrected chi connectivity index (χ1v) is 9.15. The summed E-state index contributed by atoms with van der Waals surface area (Å²) in [6, 6.07) is 3.70. The van der Waals surface area contributed by atoms with Gasteiger partial charge in [-0.1, -0.05) is 11.6 Å². The van der Waals surface area contributed by atoms with E-state index in [-0.39, 0.29) is 4.90 Å². The first kappa shape index (κ1) is 16.4. The van der Waals surface area contributed by atoms with Crippen molar-refractivity contribution in [3.63, 3.8) is 0 Å². The number of aromatic nitrogens is 2. The Balaban J connectivity index is 1.90. The lowest BCUT2D eigenvalue weighted by Gasteiger charge is -2.03. The molecule has 0 atom stereocenters. The average Bonchev–Trinajstić information content (AvgIpc) is 3.06. The molecule has 116 valence electrons. The summed E-state index contributed by atoms with van der Waals surface area (Å²) in [6.45, 7) is 1.48. The maximum atomic E-state index is 12.1. The number of sulfonamides is 1. The fourth-order valence-electron chi connectivity index (χ4n) is 1.74. The van der Waals surface area contributed by atoms with Crippen molar-refractivity contribution in [2.45, 2.75) is 24.3 Å². The molecule has 0 aliphatic carbocycles. The third kappa shape index (κ3) is 4.79. The number of hydrogen-bond acceptors (Lipinski definition) is 5. The van der Waals surface area contributed by atoms with Crippen LogP contribution in [0.15, 0.2) is 29.4 Å². The van der Waals surface area contributed by atoms with Crippen LogP contribution in [0.2, 0.25) is 4.34 Å². The molecule has 0 aromatic carbocycles. The fraction of sp³-hybridized carbons (Fsp3) is 0.417. The highest BCUT2D eigenvalue weighted by molar-refractivity contribution is 7.89. The van der Waals surface area contributed by atoms with Crippen LogP contribution < -0.4 is 10.5 Å². The molecule has 0 amide bonds. The lowest BCUT2D eigenvalue weighted by Crippen LogP contribution is -2.25. The molecule has 0 aliphatic heterocycles. The molecule has 0 spiro atoms. The van der Waals surface area contributed by atoms with Crippen LogP contribution in [0.3, 0.4) is 0 Å². The number of nitrogens with zero attached hydrogens (tertiary/aromatic N) is 2. The zero-order valence-corrected chi connectivity index (χ0v) is 13.7. The predicted molar refractivity (Wildman–Crippen MR) is 84.1 cm³/mol. The van der Waals surface area contributed by atoms with Crippen molar-refractivity contribution in [1.82, 2.24) is 14.5 Å². The van der Waals surface area contributed by atoms with Crippen molar-refractivity contribution in [3.8, 4) is 0 Å². The molecular formula is C12H17ClN4O2S2. The highest BCUT2D eigenvalue weighted by atomic mass is 35.5. The minimum absolute atomic E-state index is 0.170. The van der Waals surface area contributed by atoms with Gasteiger partial charge in [-0.05, 0) is 31.5 Å². The van der Waals surface area contributed by atoms with E-state index in [4.69, 9.17) is 17.3 Å². The average molecular weight is 349 g/mol. The van der Waals surface area contributed by atoms with Gasteiger partial charge in [0.15, 0.2) is 0 Å². The lowest BCUT2D eigenvalue weighted by molar-refractivity contribution is 0.576. The molecule has 2 aromatic heterocycles. The number of hydrogen-bond donors (Lipinski definition) is 2. The molecule has 6 nitrogen and oxygen atoms in total. The smallest absolute Gasteiger partial charge is 0.243 e. The zero-order chi connectivity index (χ0) is 15.3. The maximum Gasteiger partial charge on any atom is 0.243 e. The Morgan fingerprint density at radius 2 is 2.24 bits per heavy atom. The van der Waals surface area contributed by atoms with E-state index in [0.29, 0.717) is 30.4 Å². The van der Waals surface area contributed by atoms with Gasteiger partial charge in [0.25, 0.3) is 0 Å². The summed E-state index contributed by atoms with van der Waals surface area (Å²) in [6.07, 6.45) is 4.23. The van der Waals surface area contributed by atoms with Crippen molar-refractivity contribution in [2.75, 3.05) is 13.1 Å². The summed E-state index contributed by atoms with van der Waals surface area (Å²) >= 11 is 7.28. The first-order valence-electron chi connectivity index (χ1n) is 6.47. The van der Waals surface area contributed by atoms with Crippen molar-refractivity contribution in [2.24, 2.45) is 5.73 Å². The van der Waals surface area contributed by atoms with Gasteiger partial charge in [0.1, 0.15) is 4.90 Å². The van der Waals surface area contributed by atoms with E-state index in [1.165, 1.54) is 23.7 Å². The largest absolute Gasteiger partial charge is 0.330 e. The van der Waals surface area contributed by atoms with Crippen LogP contribution in [0.5, 0.6) is 0 Å². The van der Waals surface area contributed by atoms with Crippen LogP contribution in [0.1, 0.15) is 11.3 Å². The van der Waals surface area contributed by atoms with Crippen molar-refractivity contribution in [3.05, 3.63) is 33.7 Å². The van der Waals surface area contributed by atoms with E-state index in [1.807, 2.05) is 6.07 Å². The van der Waals surface area contributed by atoms with Crippen LogP contribution in [-0.4, -0.2) is 31.3 Å². The van der Waals surface area contributed by atoms with Gasteiger partial charge in [-0.25, -0.2) is 13.1 Å². The number of nitrogens with two attached hydrogens (primary N) is 1. The molecule has 0 aliphatic rings. The van der Waals surface area contributed by atoms with Gasteiger partial charge in [-0.15, -0.1) is 11.3 Å². The van der Waals surface area contributed by atoms with E-state index >= 15 is 0 Å². The summed E-state index contributed by atoms with van der Waals surface area (Å²) in [7, 11) is -3.52. The third-order valence-electron chi connectivity index (χ3n) is 2.80. The highest BCUT2D eigenvalue weighted by Gasteiger charge is 2.16. The first-order chi connectivity index (χ1) is 10.0. The molecule has 3 N–H and O–H groups in total. The monoisotopic (exact) mass is 348 g/mol. The summed E-state index contributed by atoms with van der Waals surface area (Å²) in [5.41, 5.74) is 5.41. The second kappa shape index (κ2) is 7.37. The summed E-state index contributed by atoms with van der Waals surface area (Å²) in [5, 5.41) is 4.02. The van der Waals surface area contributed by atoms with Crippen molar-refractivity contribution < 1.29 is 8.42 Å². The van der Waals surface area contributed by atoms with Crippen LogP contribution in [0, 0.1) is 0 Å². The van der Waals surface area contributed by atoms with E-state index in [0.717, 1.165) is 11.3 Å². The molecule has 0 unspecified atom stereocenters. The number of rotatable bonds is 8. The Hall–Kier alpha value is -0.930. The van der Waals surface area contributed by atoms with Crippen LogP contribution in [0.25, 0.3) is 0 Å². The van der Waals surface area contributed by atoms with Crippen LogP contribution in [0.4, 0.5) is 0 Å². The number of halogens is 1. The second-order valence-corrected chi connectivity index (χ2v) is 8.00. The second-order valence-electron chi connectivity index (χ2n) is 4.43. The highest BCUT2D eigenvalue weighted by Crippen LogP contribution is 2.21. The molecule has 2 heterocycles. The van der Waals surface area contributed by atoms with Crippen LogP contribution >= 0.6 is 22.9 Å². The van der Waals surface area contributed by atoms with Gasteiger partial charge in [-0.2, -0.15) is 5.10 Å². The van der Waals surface area contributed by atoms with Gasteiger partial charge in [0.05, 0.1) is 10.5 Å². The number of thiophene rings is 1. The Bertz CT molecular complexity index is 681. The van der Waals surface area contributed by atoms with Gasteiger partial charge in [-0.3, -0.25) is 4.68 Å². The van der Waals surface area contributed by atoms with Crippen LogP contribution in [-0.2, 0) is 23.0 Å². The SMILES string of the molecule is NCCCn1cc(S(=O)(=O)NCCc2ccc(Cl)s2)cn1. The van der Waals surface area contributed by atoms with E-state index < -0.39 is 10.0 Å². The zero-order valence-electron chi connectivity index (χ0n) is 11.3. The minimum Gasteiger partial charge on any atom is -0.330 e. The lowest BCUT2D eigenvalue weighted by atomic mass is 10.3. The molecule has 0 bridgehead atoms. The molecule has 0 saturated heterocycles. The molecular weight excluding hydrogens is 332 g/mol. The number of nitrogens with one attached hydrogen (secondary N) is 1. The molecule has 2 aromatic rings. The molecule has 9 heteroatoms. The van der Waals surface area contributed by atoms with Gasteiger partial charge < -0.3 is 5.73 Å². The van der Waals surface area contributed by atoms with Crippen molar-refractivity contribution in [1.29, 1.82) is 0 Å². The molecule has 2 rings (SSSR count). The predicted octanol–water partition coefficient (Wildman–Crippen LogP) is 1.47. The van der Waals surface area contributed by atoms with Gasteiger partial charge in [0.2, 0.25) is 10.0 Å².